The molecule has 184 valence electrons. The van der Waals surface area contributed by atoms with E-state index in [1.807, 2.05) is 17.0 Å². The maximum Gasteiger partial charge on any atom is 0.252 e. The first-order chi connectivity index (χ1) is 17.0. The van der Waals surface area contributed by atoms with Crippen molar-refractivity contribution in [3.8, 4) is 0 Å². The summed E-state index contributed by atoms with van der Waals surface area (Å²) in [5.41, 5.74) is 2.68. The molecular formula is C26H33N7O2. The van der Waals surface area contributed by atoms with Crippen LogP contribution in [0.25, 0.3) is 11.0 Å². The fraction of sp³-hybridized carbons (Fsp3) is 0.423. The van der Waals surface area contributed by atoms with E-state index in [0.29, 0.717) is 24.1 Å². The molecule has 0 aliphatic carbocycles. The van der Waals surface area contributed by atoms with Crippen molar-refractivity contribution in [2.75, 3.05) is 56.5 Å². The second kappa shape index (κ2) is 10.2. The highest BCUT2D eigenvalue weighted by molar-refractivity contribution is 5.75. The number of likely N-dealkylation sites (tertiary alicyclic amines) is 1. The van der Waals surface area contributed by atoms with Crippen LogP contribution in [0.2, 0.25) is 0 Å². The van der Waals surface area contributed by atoms with E-state index >= 15 is 0 Å². The summed E-state index contributed by atoms with van der Waals surface area (Å²) in [4.78, 5) is 28.5. The molecule has 2 N–H and O–H groups in total. The van der Waals surface area contributed by atoms with Gasteiger partial charge in [0.05, 0.1) is 0 Å². The van der Waals surface area contributed by atoms with Crippen LogP contribution in [-0.4, -0.2) is 82.0 Å². The highest BCUT2D eigenvalue weighted by Crippen LogP contribution is 2.24. The number of likely N-dealkylation sites (N-methyl/N-ethyl adjacent to an activating group) is 1. The van der Waals surface area contributed by atoms with Gasteiger partial charge in [-0.2, -0.15) is 4.98 Å². The van der Waals surface area contributed by atoms with Crippen LogP contribution in [0.3, 0.4) is 0 Å². The largest absolute Gasteiger partial charge is 0.375 e. The number of piperazine rings is 1. The first-order valence-electron chi connectivity index (χ1n) is 12.2. The number of aromatic nitrogens is 3. The number of fused-ring (bicyclic) bond motifs is 1. The van der Waals surface area contributed by atoms with Gasteiger partial charge in [-0.25, -0.2) is 4.98 Å². The van der Waals surface area contributed by atoms with Crippen LogP contribution >= 0.6 is 0 Å². The van der Waals surface area contributed by atoms with Crippen molar-refractivity contribution in [3.05, 3.63) is 65.6 Å². The van der Waals surface area contributed by atoms with E-state index in [2.05, 4.69) is 45.9 Å². The van der Waals surface area contributed by atoms with Crippen LogP contribution in [0.4, 0.5) is 17.3 Å². The molecule has 1 aromatic carbocycles. The molecule has 2 aliphatic heterocycles. The summed E-state index contributed by atoms with van der Waals surface area (Å²) in [6.07, 6.45) is 3.55. The van der Waals surface area contributed by atoms with E-state index in [1.54, 1.807) is 22.9 Å². The van der Waals surface area contributed by atoms with E-state index < -0.39 is 6.23 Å². The number of aliphatic hydroxyl groups excluding tert-OH is 1. The molecule has 0 bridgehead atoms. The molecule has 0 radical (unpaired) electrons. The van der Waals surface area contributed by atoms with Gasteiger partial charge in [0.15, 0.2) is 0 Å². The van der Waals surface area contributed by atoms with Crippen molar-refractivity contribution >= 4 is 28.4 Å². The Morgan fingerprint density at radius 3 is 2.60 bits per heavy atom. The third-order valence-electron chi connectivity index (χ3n) is 7.05. The van der Waals surface area contributed by atoms with E-state index in [9.17, 15) is 9.90 Å². The number of aryl methyl sites for hydroxylation is 1. The lowest BCUT2D eigenvalue weighted by Crippen LogP contribution is -2.51. The van der Waals surface area contributed by atoms with Gasteiger partial charge in [0.2, 0.25) is 5.95 Å². The highest BCUT2D eigenvalue weighted by Gasteiger charge is 2.29. The van der Waals surface area contributed by atoms with Crippen LogP contribution in [0, 0.1) is 5.92 Å². The van der Waals surface area contributed by atoms with Crippen molar-refractivity contribution in [3.63, 3.8) is 0 Å². The topological polar surface area (TPSA) is 89.8 Å². The molecule has 4 heterocycles. The third kappa shape index (κ3) is 5.22. The number of rotatable bonds is 8. The van der Waals surface area contributed by atoms with Crippen LogP contribution < -0.4 is 15.8 Å². The average molecular weight is 476 g/mol. The van der Waals surface area contributed by atoms with Crippen LogP contribution in [0.15, 0.2) is 60.0 Å². The minimum absolute atomic E-state index is 0.0685. The van der Waals surface area contributed by atoms with E-state index in [1.165, 1.54) is 11.8 Å². The summed E-state index contributed by atoms with van der Waals surface area (Å²) < 4.78 is 1.73. The maximum atomic E-state index is 12.7. The molecule has 0 saturated carbocycles. The lowest BCUT2D eigenvalue weighted by Gasteiger charge is -2.41. The zero-order chi connectivity index (χ0) is 24.4. The average Bonchev–Trinajstić information content (AvgIpc) is 2.85. The van der Waals surface area contributed by atoms with Gasteiger partial charge in [-0.3, -0.25) is 14.3 Å². The number of hydrogen-bond acceptors (Lipinski definition) is 8. The van der Waals surface area contributed by atoms with Crippen molar-refractivity contribution in [2.24, 2.45) is 5.92 Å². The summed E-state index contributed by atoms with van der Waals surface area (Å²) in [5.74, 6) is 0.901. The Morgan fingerprint density at radius 1 is 1.14 bits per heavy atom. The van der Waals surface area contributed by atoms with E-state index in [-0.39, 0.29) is 5.56 Å². The van der Waals surface area contributed by atoms with Crippen LogP contribution in [0.5, 0.6) is 0 Å². The van der Waals surface area contributed by atoms with Crippen LogP contribution in [0.1, 0.15) is 6.42 Å². The van der Waals surface area contributed by atoms with Crippen molar-refractivity contribution < 1.29 is 5.11 Å². The Hall–Kier alpha value is -3.27. The number of benzene rings is 1. The third-order valence-corrected chi connectivity index (χ3v) is 7.05. The minimum Gasteiger partial charge on any atom is -0.375 e. The Kier molecular flexibility index (Phi) is 6.81. The molecule has 2 aromatic heterocycles. The van der Waals surface area contributed by atoms with Gasteiger partial charge in [0, 0.05) is 74.8 Å². The molecule has 0 spiro atoms. The first kappa shape index (κ1) is 23.5. The summed E-state index contributed by atoms with van der Waals surface area (Å²) >= 11 is 0. The van der Waals surface area contributed by atoms with Crippen LogP contribution in [-0.2, 0) is 6.54 Å². The summed E-state index contributed by atoms with van der Waals surface area (Å²) in [6, 6.07) is 11.7. The lowest BCUT2D eigenvalue weighted by atomic mass is 9.96. The molecule has 9 nitrogen and oxygen atoms in total. The molecule has 3 aromatic rings. The molecule has 2 aliphatic rings. The summed E-state index contributed by atoms with van der Waals surface area (Å²) in [7, 11) is 2.16. The number of pyridine rings is 1. The maximum absolute atomic E-state index is 12.7. The predicted molar refractivity (Wildman–Crippen MR) is 139 cm³/mol. The lowest BCUT2D eigenvalue weighted by molar-refractivity contribution is -0.0387. The molecule has 5 rings (SSSR count). The van der Waals surface area contributed by atoms with Gasteiger partial charge >= 0.3 is 0 Å². The van der Waals surface area contributed by atoms with Crippen molar-refractivity contribution in [1.29, 1.82) is 0 Å². The molecule has 1 unspecified atom stereocenters. The Bertz CT molecular complexity index is 1230. The molecule has 2 fully saturated rings. The quantitative estimate of drug-likeness (QED) is 0.479. The highest BCUT2D eigenvalue weighted by atomic mass is 16.3. The number of aliphatic hydroxyl groups is 1. The molecule has 0 amide bonds. The normalized spacial score (nSPS) is 18.4. The fourth-order valence-electron chi connectivity index (χ4n) is 4.77. The number of nitrogens with zero attached hydrogens (tertiary/aromatic N) is 6. The van der Waals surface area contributed by atoms with Crippen molar-refractivity contribution in [1.82, 2.24) is 24.3 Å². The number of anilines is 3. The van der Waals surface area contributed by atoms with Gasteiger partial charge in [-0.15, -0.1) is 0 Å². The minimum atomic E-state index is -0.594. The number of hydrogen-bond donors (Lipinski definition) is 2. The Balaban J connectivity index is 1.27. The van der Waals surface area contributed by atoms with Crippen molar-refractivity contribution in [2.45, 2.75) is 19.2 Å². The molecule has 2 saturated heterocycles. The fourth-order valence-corrected chi connectivity index (χ4v) is 4.77. The zero-order valence-electron chi connectivity index (χ0n) is 20.2. The Morgan fingerprint density at radius 2 is 1.89 bits per heavy atom. The molecule has 9 heteroatoms. The summed E-state index contributed by atoms with van der Waals surface area (Å²) in [6.45, 7) is 10.0. The molecule has 35 heavy (non-hydrogen) atoms. The first-order valence-corrected chi connectivity index (χ1v) is 12.2. The second-order valence-corrected chi connectivity index (χ2v) is 9.52. The van der Waals surface area contributed by atoms with Gasteiger partial charge in [0.1, 0.15) is 11.9 Å². The monoisotopic (exact) mass is 475 g/mol. The van der Waals surface area contributed by atoms with Gasteiger partial charge in [-0.1, -0.05) is 6.58 Å². The standard InChI is InChI=1S/C26H33N7O2/c1-3-23(34)32-17-19(18-32)10-11-33-24(35)9-4-20-16-27-26(29-25(20)33)28-21-5-7-22(8-6-21)31-14-12-30(2)13-15-31/h3-9,16,19,23,34H,1,10-15,17-18H2,2H3,(H,27,28,29). The predicted octanol–water partition coefficient (Wildman–Crippen LogP) is 2.11. The van der Waals surface area contributed by atoms with Gasteiger partial charge < -0.3 is 20.2 Å². The Labute approximate surface area is 205 Å². The number of nitrogens with one attached hydrogen (secondary N) is 1. The molecular weight excluding hydrogens is 442 g/mol. The van der Waals surface area contributed by atoms with Gasteiger partial charge in [0.25, 0.3) is 5.56 Å². The molecule has 1 atom stereocenters. The van der Waals surface area contributed by atoms with E-state index in [0.717, 1.165) is 56.8 Å². The smallest absolute Gasteiger partial charge is 0.252 e. The van der Waals surface area contributed by atoms with Gasteiger partial charge in [-0.05, 0) is 55.8 Å². The van der Waals surface area contributed by atoms with E-state index in [4.69, 9.17) is 4.98 Å². The summed E-state index contributed by atoms with van der Waals surface area (Å²) in [5, 5.41) is 13.9. The zero-order valence-corrected chi connectivity index (χ0v) is 20.2. The second-order valence-electron chi connectivity index (χ2n) is 9.52. The SMILES string of the molecule is C=CC(O)N1CC(CCn2c(=O)ccc3cnc(Nc4ccc(N5CCN(C)CC5)cc4)nc32)C1.